The molecular formula is C37H45FN10O6. The first-order valence-electron chi connectivity index (χ1n) is 18.0. The first-order valence-corrected chi connectivity index (χ1v) is 18.0. The highest BCUT2D eigenvalue weighted by Crippen LogP contribution is 2.35. The van der Waals surface area contributed by atoms with Crippen LogP contribution in [-0.4, -0.2) is 101 Å². The molecule has 2 saturated heterocycles. The average Bonchev–Trinajstić information content (AvgIpc) is 3.98. The topological polar surface area (TPSA) is 211 Å². The smallest absolute Gasteiger partial charge is 0.407 e. The maximum atomic E-state index is 15.6. The number of carboxylic acid groups (broad SMARTS) is 1. The standard InChI is InChI=1S/C37H45FN10O6/c1-19(2)29(45-36(51)52)34(49)47-12-7-9-28(47)33-42-18-26(44-33)23-11-10-21(14-24(23)38)31-39-15-22(16-40-31)25-17-41-32(43-25)27-8-6-13-48(27)35(50)30(20(3)4)46-37(53)54-5/h10-11,14-20,27-30,45H,6-9,12-13H2,1-5H3,(H,41,43)(H,42,44)(H,46,53)(H,51,52)/t27-,28-,29-,30-/m0/s1. The fourth-order valence-electron chi connectivity index (χ4n) is 7.12. The van der Waals surface area contributed by atoms with Crippen LogP contribution in [0.1, 0.15) is 77.1 Å². The van der Waals surface area contributed by atoms with E-state index in [1.54, 1.807) is 54.4 Å². The number of imidazole rings is 2. The summed E-state index contributed by atoms with van der Waals surface area (Å²) in [6, 6.07) is 2.36. The van der Waals surface area contributed by atoms with Crippen LogP contribution < -0.4 is 10.6 Å². The number of hydrogen-bond donors (Lipinski definition) is 5. The van der Waals surface area contributed by atoms with Crippen molar-refractivity contribution < 1.29 is 33.4 Å². The number of aromatic nitrogens is 6. The normalized spacial score (nSPS) is 18.2. The molecule has 0 saturated carbocycles. The number of H-pyrrole nitrogens is 2. The first kappa shape index (κ1) is 37.9. The van der Waals surface area contributed by atoms with Gasteiger partial charge in [-0.2, -0.15) is 0 Å². The zero-order valence-electron chi connectivity index (χ0n) is 30.8. The Morgan fingerprint density at radius 2 is 1.33 bits per heavy atom. The highest BCUT2D eigenvalue weighted by atomic mass is 19.1. The molecule has 0 unspecified atom stereocenters. The third-order valence-electron chi connectivity index (χ3n) is 9.98. The summed E-state index contributed by atoms with van der Waals surface area (Å²) in [5.41, 5.74) is 2.49. The van der Waals surface area contributed by atoms with Crippen LogP contribution >= 0.6 is 0 Å². The van der Waals surface area contributed by atoms with Crippen LogP contribution in [0.25, 0.3) is 33.9 Å². The van der Waals surface area contributed by atoms with Gasteiger partial charge in [0.2, 0.25) is 11.8 Å². The van der Waals surface area contributed by atoms with E-state index in [1.807, 2.05) is 13.8 Å². The van der Waals surface area contributed by atoms with E-state index in [4.69, 9.17) is 4.74 Å². The van der Waals surface area contributed by atoms with Gasteiger partial charge in [0.25, 0.3) is 0 Å². The lowest BCUT2D eigenvalue weighted by Gasteiger charge is -2.30. The molecule has 1 aromatic carbocycles. The van der Waals surface area contributed by atoms with Gasteiger partial charge in [0, 0.05) is 42.2 Å². The van der Waals surface area contributed by atoms with Crippen molar-refractivity contribution in [3.05, 3.63) is 60.5 Å². The number of likely N-dealkylation sites (tertiary alicyclic amines) is 2. The van der Waals surface area contributed by atoms with E-state index in [1.165, 1.54) is 19.4 Å². The molecule has 2 fully saturated rings. The molecule has 5 N–H and O–H groups in total. The van der Waals surface area contributed by atoms with Crippen LogP contribution in [0.2, 0.25) is 0 Å². The number of alkyl carbamates (subject to hydrolysis) is 1. The van der Waals surface area contributed by atoms with Gasteiger partial charge in [0.05, 0.1) is 43.0 Å². The summed E-state index contributed by atoms with van der Waals surface area (Å²) < 4.78 is 20.3. The SMILES string of the molecule is COC(=O)N[C@H](C(=O)N1CCC[C@H]1c1ncc(-c2cnc(-c3ccc(-c4cnc([C@@H]5CCCN5C(=O)[C@@H](NC(=O)O)C(C)C)[nH]4)c(F)c3)nc2)[nH]1)C(C)C. The Hall–Kier alpha value is -5.87. The number of aromatic amines is 2. The van der Waals surface area contributed by atoms with Crippen molar-refractivity contribution in [3.8, 4) is 33.9 Å². The summed E-state index contributed by atoms with van der Waals surface area (Å²) in [4.78, 5) is 77.9. The Balaban J connectivity index is 1.13. The zero-order valence-corrected chi connectivity index (χ0v) is 30.8. The number of amides is 4. The molecule has 0 aliphatic carbocycles. The highest BCUT2D eigenvalue weighted by molar-refractivity contribution is 5.87. The Bertz CT molecular complexity index is 2000. The summed E-state index contributed by atoms with van der Waals surface area (Å²) in [7, 11) is 1.26. The summed E-state index contributed by atoms with van der Waals surface area (Å²) in [6.45, 7) is 8.29. The molecule has 17 heteroatoms. The number of halogens is 1. The summed E-state index contributed by atoms with van der Waals surface area (Å²) in [5.74, 6) is -0.00377. The lowest BCUT2D eigenvalue weighted by atomic mass is 10.0. The maximum Gasteiger partial charge on any atom is 0.407 e. The monoisotopic (exact) mass is 744 g/mol. The van der Waals surface area contributed by atoms with Crippen LogP contribution in [0.4, 0.5) is 14.0 Å². The number of rotatable bonds is 11. The molecule has 4 aromatic rings. The van der Waals surface area contributed by atoms with Gasteiger partial charge in [-0.25, -0.2) is 33.9 Å². The lowest BCUT2D eigenvalue weighted by molar-refractivity contribution is -0.136. The molecule has 54 heavy (non-hydrogen) atoms. The third-order valence-corrected chi connectivity index (χ3v) is 9.98. The van der Waals surface area contributed by atoms with Crippen molar-refractivity contribution in [2.24, 2.45) is 11.8 Å². The fraction of sp³-hybridized carbons (Fsp3) is 0.459. The Kier molecular flexibility index (Phi) is 11.2. The quantitative estimate of drug-likeness (QED) is 0.138. The molecule has 2 aliphatic rings. The van der Waals surface area contributed by atoms with E-state index in [9.17, 15) is 24.3 Å². The number of hydrogen-bond acceptors (Lipinski definition) is 9. The van der Waals surface area contributed by atoms with Crippen molar-refractivity contribution in [1.82, 2.24) is 50.3 Å². The number of carbonyl (C=O) groups excluding carboxylic acids is 3. The van der Waals surface area contributed by atoms with E-state index >= 15 is 4.39 Å². The Morgan fingerprint density at radius 1 is 0.796 bits per heavy atom. The number of nitrogens with zero attached hydrogens (tertiary/aromatic N) is 6. The van der Waals surface area contributed by atoms with Gasteiger partial charge in [-0.3, -0.25) is 9.59 Å². The predicted octanol–water partition coefficient (Wildman–Crippen LogP) is 5.06. The lowest BCUT2D eigenvalue weighted by Crippen LogP contribution is -2.51. The largest absolute Gasteiger partial charge is 0.465 e. The van der Waals surface area contributed by atoms with Crippen LogP contribution in [-0.2, 0) is 14.3 Å². The number of benzene rings is 1. The first-order chi connectivity index (χ1) is 25.9. The van der Waals surface area contributed by atoms with E-state index < -0.39 is 36.1 Å². The van der Waals surface area contributed by atoms with Gasteiger partial charge in [-0.1, -0.05) is 33.8 Å². The molecule has 2 aliphatic heterocycles. The predicted molar refractivity (Wildman–Crippen MR) is 194 cm³/mol. The second-order valence-corrected chi connectivity index (χ2v) is 14.3. The molecule has 286 valence electrons. The summed E-state index contributed by atoms with van der Waals surface area (Å²) in [5, 5.41) is 14.2. The molecule has 4 atom stereocenters. The minimum atomic E-state index is -1.26. The number of nitrogens with one attached hydrogen (secondary N) is 4. The molecule has 16 nitrogen and oxygen atoms in total. The summed E-state index contributed by atoms with van der Waals surface area (Å²) >= 11 is 0. The zero-order chi connectivity index (χ0) is 38.7. The number of methoxy groups -OCH3 is 1. The molecular weight excluding hydrogens is 699 g/mol. The van der Waals surface area contributed by atoms with Gasteiger partial charge in [0.1, 0.15) is 29.5 Å². The van der Waals surface area contributed by atoms with E-state index in [0.29, 0.717) is 65.9 Å². The van der Waals surface area contributed by atoms with Crippen molar-refractivity contribution in [2.45, 2.75) is 77.5 Å². The molecule has 4 amide bonds. The van der Waals surface area contributed by atoms with Gasteiger partial charge in [-0.05, 0) is 49.7 Å². The van der Waals surface area contributed by atoms with E-state index in [-0.39, 0.29) is 35.3 Å². The highest BCUT2D eigenvalue weighted by Gasteiger charge is 2.39. The average molecular weight is 745 g/mol. The second-order valence-electron chi connectivity index (χ2n) is 14.3. The molecule has 0 bridgehead atoms. The number of carbonyl (C=O) groups is 4. The van der Waals surface area contributed by atoms with Gasteiger partial charge < -0.3 is 40.2 Å². The minimum absolute atomic E-state index is 0.148. The summed E-state index contributed by atoms with van der Waals surface area (Å²) in [6.07, 6.45) is 7.35. The minimum Gasteiger partial charge on any atom is -0.465 e. The van der Waals surface area contributed by atoms with Gasteiger partial charge in [-0.15, -0.1) is 0 Å². The van der Waals surface area contributed by atoms with Crippen LogP contribution in [0.5, 0.6) is 0 Å². The molecule has 0 radical (unpaired) electrons. The Morgan fingerprint density at radius 3 is 1.85 bits per heavy atom. The molecule has 6 rings (SSSR count). The van der Waals surface area contributed by atoms with Crippen molar-refractivity contribution >= 4 is 24.0 Å². The maximum absolute atomic E-state index is 15.6. The fourth-order valence-corrected chi connectivity index (χ4v) is 7.12. The molecule has 0 spiro atoms. The number of ether oxygens (including phenoxy) is 1. The molecule has 3 aromatic heterocycles. The van der Waals surface area contributed by atoms with Crippen LogP contribution in [0.15, 0.2) is 43.0 Å². The van der Waals surface area contributed by atoms with Gasteiger partial charge >= 0.3 is 12.2 Å². The van der Waals surface area contributed by atoms with Gasteiger partial charge in [0.15, 0.2) is 5.82 Å². The second kappa shape index (κ2) is 16.0. The van der Waals surface area contributed by atoms with Crippen LogP contribution in [0.3, 0.4) is 0 Å². The van der Waals surface area contributed by atoms with Crippen molar-refractivity contribution in [1.29, 1.82) is 0 Å². The molecule has 5 heterocycles. The van der Waals surface area contributed by atoms with Crippen molar-refractivity contribution in [2.75, 3.05) is 20.2 Å². The van der Waals surface area contributed by atoms with Crippen LogP contribution in [0, 0.1) is 17.7 Å². The van der Waals surface area contributed by atoms with E-state index in [2.05, 4.69) is 40.5 Å². The van der Waals surface area contributed by atoms with Crippen molar-refractivity contribution in [3.63, 3.8) is 0 Å². The Labute approximate surface area is 311 Å². The van der Waals surface area contributed by atoms with E-state index in [0.717, 1.165) is 12.8 Å². The third kappa shape index (κ3) is 7.89.